The van der Waals surface area contributed by atoms with Crippen molar-refractivity contribution in [3.05, 3.63) is 212 Å². The minimum absolute atomic E-state index is 1.09. The molecule has 0 saturated heterocycles. The largest absolute Gasteiger partial charge is 0.310 e. The summed E-state index contributed by atoms with van der Waals surface area (Å²) in [6.45, 7) is 0. The van der Waals surface area contributed by atoms with Crippen LogP contribution in [0, 0.1) is 0 Å². The van der Waals surface area contributed by atoms with E-state index in [1.165, 1.54) is 32.6 Å². The number of para-hydroxylation sites is 3. The van der Waals surface area contributed by atoms with E-state index in [4.69, 9.17) is 0 Å². The Morgan fingerprint density at radius 3 is 1.35 bits per heavy atom. The minimum Gasteiger partial charge on any atom is -0.310 e. The number of rotatable bonds is 3. The van der Waals surface area contributed by atoms with Crippen LogP contribution in [0.15, 0.2) is 212 Å². The third-order valence-corrected chi connectivity index (χ3v) is 11.0. The van der Waals surface area contributed by atoms with Crippen molar-refractivity contribution in [2.45, 2.75) is 0 Å². The molecule has 0 aliphatic carbocycles. The van der Waals surface area contributed by atoms with E-state index < -0.39 is 0 Å². The van der Waals surface area contributed by atoms with E-state index >= 15 is 0 Å². The van der Waals surface area contributed by atoms with E-state index in [2.05, 4.69) is 227 Å². The van der Waals surface area contributed by atoms with Crippen molar-refractivity contribution in [2.75, 3.05) is 9.80 Å². The smallest absolute Gasteiger partial charge is 0.0782 e. The highest BCUT2D eigenvalue weighted by Gasteiger charge is 2.23. The van der Waals surface area contributed by atoms with Crippen molar-refractivity contribution in [3.8, 4) is 27.9 Å². The molecule has 3 nitrogen and oxygen atoms in total. The molecule has 55 heavy (non-hydrogen) atoms. The van der Waals surface area contributed by atoms with Gasteiger partial charge in [-0.1, -0.05) is 133 Å². The summed E-state index contributed by atoms with van der Waals surface area (Å²) in [4.78, 5) is 4.80. The molecule has 10 aromatic rings. The van der Waals surface area contributed by atoms with Gasteiger partial charge in [-0.3, -0.25) is 0 Å². The van der Waals surface area contributed by atoms with Crippen molar-refractivity contribution >= 4 is 66.7 Å². The molecule has 11 rings (SSSR count). The first-order valence-electron chi connectivity index (χ1n) is 18.9. The highest BCUT2D eigenvalue weighted by molar-refractivity contribution is 6.15. The number of fused-ring (bicyclic) bond motifs is 14. The summed E-state index contributed by atoms with van der Waals surface area (Å²) in [5, 5.41) is 4.89. The number of anilines is 6. The molecule has 0 unspecified atom stereocenters. The summed E-state index contributed by atoms with van der Waals surface area (Å²) < 4.78 is 2.48. The zero-order valence-corrected chi connectivity index (χ0v) is 30.0. The fourth-order valence-corrected chi connectivity index (χ4v) is 8.58. The summed E-state index contributed by atoms with van der Waals surface area (Å²) in [5.74, 6) is 0. The van der Waals surface area contributed by atoms with Crippen molar-refractivity contribution in [1.29, 1.82) is 0 Å². The molecule has 8 bridgehead atoms. The predicted molar refractivity (Wildman–Crippen MR) is 232 cm³/mol. The number of benzene rings is 9. The van der Waals surface area contributed by atoms with Crippen LogP contribution in [-0.4, -0.2) is 4.57 Å². The average Bonchev–Trinajstić information content (AvgIpc) is 3.59. The molecule has 0 radical (unpaired) electrons. The van der Waals surface area contributed by atoms with E-state index in [1.54, 1.807) is 0 Å². The van der Waals surface area contributed by atoms with Crippen LogP contribution < -0.4 is 9.80 Å². The fraction of sp³-hybridized carbons (Fsp3) is 0. The molecule has 0 spiro atoms. The highest BCUT2D eigenvalue weighted by Crippen LogP contribution is 2.46. The quantitative estimate of drug-likeness (QED) is 0.182. The summed E-state index contributed by atoms with van der Waals surface area (Å²) in [6.07, 6.45) is 0. The Morgan fingerprint density at radius 2 is 0.709 bits per heavy atom. The van der Waals surface area contributed by atoms with Gasteiger partial charge in [0.1, 0.15) is 0 Å². The number of hydrogen-bond acceptors (Lipinski definition) is 2. The summed E-state index contributed by atoms with van der Waals surface area (Å²) in [7, 11) is 0. The molecule has 9 aromatic carbocycles. The second-order valence-electron chi connectivity index (χ2n) is 14.2. The molecule has 2 heterocycles. The Bertz CT molecular complexity index is 2970. The first-order valence-corrected chi connectivity index (χ1v) is 18.9. The van der Waals surface area contributed by atoms with Gasteiger partial charge in [0, 0.05) is 44.6 Å². The van der Waals surface area contributed by atoms with Crippen LogP contribution in [0.25, 0.3) is 60.5 Å². The summed E-state index contributed by atoms with van der Waals surface area (Å²) in [5.41, 5.74) is 14.8. The summed E-state index contributed by atoms with van der Waals surface area (Å²) in [6, 6.07) is 77.4. The van der Waals surface area contributed by atoms with Crippen molar-refractivity contribution in [3.63, 3.8) is 0 Å². The van der Waals surface area contributed by atoms with Crippen LogP contribution in [0.3, 0.4) is 0 Å². The van der Waals surface area contributed by atoms with E-state index in [0.29, 0.717) is 0 Å². The highest BCUT2D eigenvalue weighted by atomic mass is 15.2. The Kier molecular flexibility index (Phi) is 7.17. The third kappa shape index (κ3) is 5.13. The lowest BCUT2D eigenvalue weighted by atomic mass is 10.00. The van der Waals surface area contributed by atoms with Gasteiger partial charge in [-0.05, 0) is 107 Å². The van der Waals surface area contributed by atoms with E-state index in [0.717, 1.165) is 62.1 Å². The van der Waals surface area contributed by atoms with Crippen LogP contribution in [-0.2, 0) is 0 Å². The van der Waals surface area contributed by atoms with Gasteiger partial charge in [0.05, 0.1) is 22.4 Å². The molecule has 0 amide bonds. The first-order chi connectivity index (χ1) is 27.3. The molecular weight excluding hydrogens is 667 g/mol. The van der Waals surface area contributed by atoms with Gasteiger partial charge >= 0.3 is 0 Å². The normalized spacial score (nSPS) is 12.3. The van der Waals surface area contributed by atoms with Crippen molar-refractivity contribution in [2.24, 2.45) is 0 Å². The second kappa shape index (κ2) is 12.6. The first kappa shape index (κ1) is 31.2. The standard InChI is InChI=1S/C52H35N3/c1-2-20-41(21-3-1)53-42-22-8-16-37(32-42)39-18-10-24-44(34-39)54(45-25-11-19-40(35-45)38-17-9-23-43(53)33-38)51-31-13-28-48-47-27-6-7-29-50(47)55(52(48)51)49-30-12-15-36-14-4-5-26-46(36)49/h1-35H. The zero-order valence-electron chi connectivity index (χ0n) is 30.0. The Morgan fingerprint density at radius 1 is 0.273 bits per heavy atom. The molecule has 0 N–H and O–H groups in total. The molecule has 0 atom stereocenters. The van der Waals surface area contributed by atoms with Gasteiger partial charge in [-0.15, -0.1) is 0 Å². The topological polar surface area (TPSA) is 11.4 Å². The molecule has 3 heteroatoms. The molecule has 1 aliphatic rings. The van der Waals surface area contributed by atoms with Gasteiger partial charge < -0.3 is 14.4 Å². The van der Waals surface area contributed by atoms with E-state index in [1.807, 2.05) is 0 Å². The third-order valence-electron chi connectivity index (χ3n) is 11.0. The monoisotopic (exact) mass is 701 g/mol. The van der Waals surface area contributed by atoms with Crippen LogP contribution in [0.5, 0.6) is 0 Å². The molecule has 1 aromatic heterocycles. The fourth-order valence-electron chi connectivity index (χ4n) is 8.58. The molecule has 258 valence electrons. The number of hydrogen-bond donors (Lipinski definition) is 0. The van der Waals surface area contributed by atoms with Gasteiger partial charge in [0.15, 0.2) is 0 Å². The number of nitrogens with zero attached hydrogens (tertiary/aromatic N) is 3. The van der Waals surface area contributed by atoms with Crippen molar-refractivity contribution < 1.29 is 0 Å². The lowest BCUT2D eigenvalue weighted by molar-refractivity contribution is 1.18. The SMILES string of the molecule is c1ccc(N2c3cccc(c3)-c3cccc(c3)N(c3cccc4c5ccccc5n(-c5cccc6ccccc56)c34)c3cccc(c3)-c3cccc2c3)cc1. The molecule has 0 fully saturated rings. The van der Waals surface area contributed by atoms with Crippen LogP contribution in [0.1, 0.15) is 0 Å². The molecule has 0 saturated carbocycles. The maximum Gasteiger partial charge on any atom is 0.0782 e. The van der Waals surface area contributed by atoms with Crippen LogP contribution in [0.4, 0.5) is 34.1 Å². The lowest BCUT2D eigenvalue weighted by Gasteiger charge is -2.29. The van der Waals surface area contributed by atoms with Gasteiger partial charge in [-0.2, -0.15) is 0 Å². The van der Waals surface area contributed by atoms with Crippen LogP contribution in [0.2, 0.25) is 0 Å². The summed E-state index contributed by atoms with van der Waals surface area (Å²) >= 11 is 0. The molecule has 1 aliphatic heterocycles. The Balaban J connectivity index is 1.22. The Labute approximate surface area is 320 Å². The second-order valence-corrected chi connectivity index (χ2v) is 14.2. The van der Waals surface area contributed by atoms with E-state index in [-0.39, 0.29) is 0 Å². The minimum atomic E-state index is 1.09. The zero-order chi connectivity index (χ0) is 36.3. The van der Waals surface area contributed by atoms with Gasteiger partial charge in [0.2, 0.25) is 0 Å². The predicted octanol–water partition coefficient (Wildman–Crippen LogP) is 14.5. The Hall–Kier alpha value is -7.36. The average molecular weight is 702 g/mol. The van der Waals surface area contributed by atoms with E-state index in [9.17, 15) is 0 Å². The maximum absolute atomic E-state index is 2.48. The van der Waals surface area contributed by atoms with Gasteiger partial charge in [-0.25, -0.2) is 0 Å². The van der Waals surface area contributed by atoms with Crippen LogP contribution >= 0.6 is 0 Å². The lowest BCUT2D eigenvalue weighted by Crippen LogP contribution is -2.12. The number of aromatic nitrogens is 1. The van der Waals surface area contributed by atoms with Gasteiger partial charge in [0.25, 0.3) is 0 Å². The maximum atomic E-state index is 2.48. The van der Waals surface area contributed by atoms with Crippen molar-refractivity contribution in [1.82, 2.24) is 4.57 Å². The molecular formula is C52H35N3.